The molecule has 0 bridgehead atoms. The number of aryl methyl sites for hydroxylation is 1. The van der Waals surface area contributed by atoms with Gasteiger partial charge >= 0.3 is 18.9 Å². The van der Waals surface area contributed by atoms with Gasteiger partial charge in [-0.2, -0.15) is 0 Å². The topological polar surface area (TPSA) is 0 Å². The summed E-state index contributed by atoms with van der Waals surface area (Å²) in [4.78, 5) is 0. The predicted molar refractivity (Wildman–Crippen MR) is 46.7 cm³/mol. The summed E-state index contributed by atoms with van der Waals surface area (Å²) < 4.78 is 0. The van der Waals surface area contributed by atoms with Crippen molar-refractivity contribution in [2.75, 3.05) is 0 Å². The Bertz CT molecular complexity index is 253. The summed E-state index contributed by atoms with van der Waals surface area (Å²) in [5, 5.41) is 0. The van der Waals surface area contributed by atoms with Gasteiger partial charge in [-0.1, -0.05) is 31.0 Å². The molecule has 0 aliphatic rings. The molecular formula is C11H11Li. The second kappa shape index (κ2) is 5.96. The van der Waals surface area contributed by atoms with Crippen LogP contribution in [0.4, 0.5) is 0 Å². The molecule has 0 aliphatic heterocycles. The fraction of sp³-hybridized carbons (Fsp3) is 0.273. The molecule has 0 N–H and O–H groups in total. The maximum absolute atomic E-state index is 6.87. The van der Waals surface area contributed by atoms with Crippen LogP contribution in [0.3, 0.4) is 0 Å². The summed E-state index contributed by atoms with van der Waals surface area (Å²) in [5.74, 6) is 2.35. The van der Waals surface area contributed by atoms with E-state index >= 15 is 0 Å². The molecule has 0 saturated carbocycles. The summed E-state index contributed by atoms with van der Waals surface area (Å²) in [7, 11) is 0. The molecule has 0 aliphatic carbocycles. The molecule has 56 valence electrons. The van der Waals surface area contributed by atoms with Crippen LogP contribution in [-0.2, 0) is 6.42 Å². The zero-order valence-electron chi connectivity index (χ0n) is 7.72. The van der Waals surface area contributed by atoms with Gasteiger partial charge in [0.15, 0.2) is 0 Å². The Morgan fingerprint density at radius 1 is 1.25 bits per heavy atom. The molecule has 0 radical (unpaired) electrons. The summed E-state index contributed by atoms with van der Waals surface area (Å²) in [5.41, 5.74) is 2.19. The Hall–Kier alpha value is -0.623. The number of hydrogen-bond donors (Lipinski definition) is 0. The first-order valence-corrected chi connectivity index (χ1v) is 3.88. The van der Waals surface area contributed by atoms with E-state index in [1.54, 1.807) is 0 Å². The van der Waals surface area contributed by atoms with E-state index in [2.05, 4.69) is 25.0 Å². The quantitative estimate of drug-likeness (QED) is 0.305. The Kier molecular flexibility index (Phi) is 5.65. The van der Waals surface area contributed by atoms with Gasteiger partial charge in [-0.3, -0.25) is 5.92 Å². The molecule has 0 spiro atoms. The van der Waals surface area contributed by atoms with E-state index in [1.807, 2.05) is 12.1 Å². The van der Waals surface area contributed by atoms with Gasteiger partial charge in [-0.05, 0) is 6.42 Å². The summed E-state index contributed by atoms with van der Waals surface area (Å²) >= 11 is 0. The van der Waals surface area contributed by atoms with Gasteiger partial charge in [0, 0.05) is 0 Å². The van der Waals surface area contributed by atoms with Gasteiger partial charge in [0.1, 0.15) is 0 Å². The molecule has 1 heteroatoms. The van der Waals surface area contributed by atoms with Crippen molar-refractivity contribution < 1.29 is 18.9 Å². The van der Waals surface area contributed by atoms with E-state index in [4.69, 9.17) is 6.42 Å². The molecule has 12 heavy (non-hydrogen) atoms. The fourth-order valence-corrected chi connectivity index (χ4v) is 1.04. The Balaban J connectivity index is 0.00000121. The molecular weight excluding hydrogens is 139 g/mol. The van der Waals surface area contributed by atoms with Crippen molar-refractivity contribution in [3.8, 4) is 5.92 Å². The van der Waals surface area contributed by atoms with Gasteiger partial charge in [-0.15, -0.1) is 17.7 Å². The van der Waals surface area contributed by atoms with Crippen LogP contribution >= 0.6 is 0 Å². The number of benzene rings is 1. The minimum absolute atomic E-state index is 0. The maximum Gasteiger partial charge on any atom is 1.00 e. The van der Waals surface area contributed by atoms with Gasteiger partial charge < -0.3 is 6.42 Å². The van der Waals surface area contributed by atoms with Crippen molar-refractivity contribution in [2.45, 2.75) is 19.8 Å². The summed E-state index contributed by atoms with van der Waals surface area (Å²) in [6, 6.07) is 7.97. The van der Waals surface area contributed by atoms with Gasteiger partial charge in [0.25, 0.3) is 0 Å². The summed E-state index contributed by atoms with van der Waals surface area (Å²) in [6.45, 7) is 2.16. The zero-order chi connectivity index (χ0) is 8.10. The predicted octanol–water partition coefficient (Wildman–Crippen LogP) is -0.419. The smallest absolute Gasteiger partial charge is 0.366 e. The standard InChI is InChI=1S/C11H11.Li/c1-3-5-11-8-6-10(4-2)7-9-11;/h6-9H,3,5H2,1H3;/q-1;+1. The summed E-state index contributed by atoms with van der Waals surface area (Å²) in [6.07, 6.45) is 9.16. The van der Waals surface area contributed by atoms with Gasteiger partial charge in [-0.25, -0.2) is 0 Å². The van der Waals surface area contributed by atoms with E-state index in [-0.39, 0.29) is 18.9 Å². The first kappa shape index (κ1) is 11.4. The van der Waals surface area contributed by atoms with Crippen molar-refractivity contribution in [1.82, 2.24) is 0 Å². The minimum atomic E-state index is 0. The Morgan fingerprint density at radius 3 is 2.25 bits per heavy atom. The largest absolute Gasteiger partial charge is 1.00 e. The van der Waals surface area contributed by atoms with Crippen LogP contribution in [0.15, 0.2) is 24.3 Å². The molecule has 0 saturated heterocycles. The molecule has 1 aromatic carbocycles. The van der Waals surface area contributed by atoms with Crippen molar-refractivity contribution in [1.29, 1.82) is 0 Å². The zero-order valence-corrected chi connectivity index (χ0v) is 7.72. The van der Waals surface area contributed by atoms with E-state index < -0.39 is 0 Å². The third kappa shape index (κ3) is 3.18. The monoisotopic (exact) mass is 150 g/mol. The number of hydrogen-bond acceptors (Lipinski definition) is 0. The third-order valence-corrected chi connectivity index (χ3v) is 1.64. The average molecular weight is 150 g/mol. The molecule has 0 nitrogen and oxygen atoms in total. The van der Waals surface area contributed by atoms with Crippen molar-refractivity contribution >= 4 is 0 Å². The van der Waals surface area contributed by atoms with E-state index in [0.29, 0.717) is 0 Å². The first-order valence-electron chi connectivity index (χ1n) is 3.88. The molecule has 0 unspecified atom stereocenters. The average Bonchev–Trinajstić information content (AvgIpc) is 2.07. The van der Waals surface area contributed by atoms with Crippen molar-refractivity contribution in [3.63, 3.8) is 0 Å². The van der Waals surface area contributed by atoms with Crippen molar-refractivity contribution in [2.24, 2.45) is 0 Å². The van der Waals surface area contributed by atoms with Crippen LogP contribution in [0.2, 0.25) is 0 Å². The normalized spacial score (nSPS) is 8.33. The van der Waals surface area contributed by atoms with Crippen LogP contribution in [0.25, 0.3) is 0 Å². The van der Waals surface area contributed by atoms with E-state index in [1.165, 1.54) is 12.0 Å². The van der Waals surface area contributed by atoms with Crippen molar-refractivity contribution in [3.05, 3.63) is 41.8 Å². The third-order valence-electron chi connectivity index (χ3n) is 1.64. The second-order valence-corrected chi connectivity index (χ2v) is 2.57. The second-order valence-electron chi connectivity index (χ2n) is 2.57. The van der Waals surface area contributed by atoms with Crippen LogP contribution in [-0.4, -0.2) is 0 Å². The van der Waals surface area contributed by atoms with Crippen LogP contribution < -0.4 is 18.9 Å². The Morgan fingerprint density at radius 2 is 1.83 bits per heavy atom. The van der Waals surface area contributed by atoms with Gasteiger partial charge in [0.05, 0.1) is 0 Å². The minimum Gasteiger partial charge on any atom is -0.366 e. The molecule has 0 atom stereocenters. The number of rotatable bonds is 2. The maximum atomic E-state index is 6.87. The fourth-order valence-electron chi connectivity index (χ4n) is 1.04. The molecule has 0 amide bonds. The first-order chi connectivity index (χ1) is 5.36. The molecule has 0 aromatic heterocycles. The molecule has 0 heterocycles. The molecule has 1 aromatic rings. The van der Waals surface area contributed by atoms with E-state index in [9.17, 15) is 0 Å². The molecule has 1 rings (SSSR count). The molecule has 0 fully saturated rings. The van der Waals surface area contributed by atoms with E-state index in [0.717, 1.165) is 12.0 Å². The van der Waals surface area contributed by atoms with Gasteiger partial charge in [0.2, 0.25) is 0 Å². The van der Waals surface area contributed by atoms with Crippen LogP contribution in [0, 0.1) is 12.3 Å². The Labute approximate surface area is 86.6 Å². The van der Waals surface area contributed by atoms with Crippen LogP contribution in [0.1, 0.15) is 24.5 Å². The SMILES string of the molecule is [C-]#Cc1ccc(CCC)cc1.[Li+]. The van der Waals surface area contributed by atoms with Crippen LogP contribution in [0.5, 0.6) is 0 Å².